The van der Waals surface area contributed by atoms with Crippen molar-refractivity contribution in [2.75, 3.05) is 0 Å². The van der Waals surface area contributed by atoms with Gasteiger partial charge in [-0.05, 0) is 25.6 Å². The largest absolute Gasteiger partial charge is 0.512 e. The molecule has 0 spiro atoms. The van der Waals surface area contributed by atoms with Gasteiger partial charge in [0.1, 0.15) is 0 Å². The summed E-state index contributed by atoms with van der Waals surface area (Å²) in [6.07, 6.45) is -1.59. The van der Waals surface area contributed by atoms with Crippen molar-refractivity contribution in [3.63, 3.8) is 0 Å². The molecule has 1 heterocycles. The van der Waals surface area contributed by atoms with E-state index in [9.17, 15) is 18.0 Å². The second-order valence-corrected chi connectivity index (χ2v) is 5.47. The third-order valence-electron chi connectivity index (χ3n) is 3.23. The average Bonchev–Trinajstić information content (AvgIpc) is 2.97. The van der Waals surface area contributed by atoms with Crippen LogP contribution in [-0.2, 0) is 31.1 Å². The first-order chi connectivity index (χ1) is 12.2. The van der Waals surface area contributed by atoms with E-state index >= 15 is 0 Å². The van der Waals surface area contributed by atoms with Crippen molar-refractivity contribution >= 4 is 16.7 Å². The molecule has 0 saturated heterocycles. The summed E-state index contributed by atoms with van der Waals surface area (Å²) in [5, 5.41) is 13.3. The van der Waals surface area contributed by atoms with E-state index in [2.05, 4.69) is 11.2 Å². The van der Waals surface area contributed by atoms with Crippen LogP contribution >= 0.6 is 0 Å². The van der Waals surface area contributed by atoms with Crippen molar-refractivity contribution in [2.24, 2.45) is 0 Å². The Morgan fingerprint density at radius 2 is 1.89 bits per heavy atom. The van der Waals surface area contributed by atoms with Crippen LogP contribution in [0.25, 0.3) is 16.6 Å². The van der Waals surface area contributed by atoms with Gasteiger partial charge in [-0.1, -0.05) is 23.8 Å². The average molecular weight is 554 g/mol. The van der Waals surface area contributed by atoms with Gasteiger partial charge in [0.05, 0.1) is 17.5 Å². The topological polar surface area (TPSA) is 55.1 Å². The van der Waals surface area contributed by atoms with Gasteiger partial charge in [-0.25, -0.2) is 0 Å². The fraction of sp³-hybridized carbons (Fsp3) is 0.158. The van der Waals surface area contributed by atoms with Gasteiger partial charge in [0.2, 0.25) is 0 Å². The Balaban J connectivity index is 0.000000395. The molecule has 0 aliphatic carbocycles. The van der Waals surface area contributed by atoms with Crippen molar-refractivity contribution < 1.29 is 43.2 Å². The number of aromatic nitrogens is 2. The smallest absolute Gasteiger partial charge is 0.394 e. The van der Waals surface area contributed by atoms with Gasteiger partial charge in [0, 0.05) is 31.6 Å². The molecule has 0 bridgehead atoms. The molecule has 3 aromatic rings. The van der Waals surface area contributed by atoms with Gasteiger partial charge >= 0.3 is 6.18 Å². The Morgan fingerprint density at radius 1 is 1.22 bits per heavy atom. The van der Waals surface area contributed by atoms with Crippen LogP contribution in [-0.4, -0.2) is 20.7 Å². The molecule has 145 valence electrons. The summed E-state index contributed by atoms with van der Waals surface area (Å²) in [6.45, 7) is 2.85. The van der Waals surface area contributed by atoms with E-state index in [-0.39, 0.29) is 37.3 Å². The van der Waals surface area contributed by atoms with Crippen LogP contribution in [0.5, 0.6) is 0 Å². The number of alkyl halides is 3. The molecule has 1 N–H and O–H groups in total. The second kappa shape index (κ2) is 9.48. The number of hydrogen-bond acceptors (Lipinski definition) is 3. The maximum absolute atomic E-state index is 12.7. The number of benzene rings is 2. The van der Waals surface area contributed by atoms with Crippen molar-refractivity contribution in [1.82, 2.24) is 9.78 Å². The van der Waals surface area contributed by atoms with Crippen LogP contribution in [0.15, 0.2) is 60.5 Å². The van der Waals surface area contributed by atoms with Crippen LogP contribution in [0.3, 0.4) is 0 Å². The summed E-state index contributed by atoms with van der Waals surface area (Å²) in [5.41, 5.74) is 0.315. The second-order valence-electron chi connectivity index (χ2n) is 5.47. The molecule has 27 heavy (non-hydrogen) atoms. The Hall–Kier alpha value is -2.44. The van der Waals surface area contributed by atoms with E-state index in [1.165, 1.54) is 30.7 Å². The van der Waals surface area contributed by atoms with E-state index in [1.807, 2.05) is 18.2 Å². The van der Waals surface area contributed by atoms with E-state index in [0.717, 1.165) is 23.0 Å². The zero-order chi connectivity index (χ0) is 19.3. The van der Waals surface area contributed by atoms with Gasteiger partial charge in [-0.3, -0.25) is 9.48 Å². The van der Waals surface area contributed by atoms with E-state index in [0.29, 0.717) is 0 Å². The number of ketones is 1. The quantitative estimate of drug-likeness (QED) is 0.280. The predicted molar refractivity (Wildman–Crippen MR) is 92.0 cm³/mol. The zero-order valence-electron chi connectivity index (χ0n) is 14.4. The molecule has 0 aliphatic heterocycles. The fourth-order valence-corrected chi connectivity index (χ4v) is 2.21. The summed E-state index contributed by atoms with van der Waals surface area (Å²) in [6, 6.07) is 13.4. The summed E-state index contributed by atoms with van der Waals surface area (Å²) < 4.78 is 39.5. The number of halogens is 3. The number of aliphatic hydroxyl groups excluding tert-OH is 1. The maximum atomic E-state index is 12.7. The van der Waals surface area contributed by atoms with Crippen LogP contribution < -0.4 is 0 Å². The minimum atomic E-state index is -4.37. The molecule has 4 nitrogen and oxygen atoms in total. The first-order valence-electron chi connectivity index (χ1n) is 7.58. The number of aliphatic hydroxyl groups is 1. The molecule has 0 amide bonds. The number of para-hydroxylation sites is 1. The molecule has 1 aromatic heterocycles. The molecule has 8 heteroatoms. The van der Waals surface area contributed by atoms with E-state index < -0.39 is 11.7 Å². The summed E-state index contributed by atoms with van der Waals surface area (Å²) in [7, 11) is 0. The molecular formula is C19H16F3IrN2O2-. The van der Waals surface area contributed by atoms with Crippen molar-refractivity contribution in [3.8, 4) is 5.69 Å². The van der Waals surface area contributed by atoms with Crippen LogP contribution in [0.4, 0.5) is 13.2 Å². The Morgan fingerprint density at radius 3 is 2.44 bits per heavy atom. The number of carbonyl (C=O) groups excluding carboxylic acids is 1. The number of fused-ring (bicyclic) bond motifs is 1. The normalized spacial score (nSPS) is 11.4. The molecule has 0 aliphatic rings. The molecule has 0 fully saturated rings. The van der Waals surface area contributed by atoms with Gasteiger partial charge < -0.3 is 5.11 Å². The number of hydrogen-bond donors (Lipinski definition) is 1. The van der Waals surface area contributed by atoms with Gasteiger partial charge in [0.15, 0.2) is 5.78 Å². The molecule has 0 saturated carbocycles. The Kier molecular flexibility index (Phi) is 7.94. The fourth-order valence-electron chi connectivity index (χ4n) is 2.21. The Labute approximate surface area is 167 Å². The molecule has 1 radical (unpaired) electrons. The molecule has 2 aromatic carbocycles. The number of allylic oxidation sites excluding steroid dienone is 2. The van der Waals surface area contributed by atoms with E-state index in [4.69, 9.17) is 5.11 Å². The van der Waals surface area contributed by atoms with Crippen molar-refractivity contribution in [1.29, 1.82) is 0 Å². The van der Waals surface area contributed by atoms with Crippen molar-refractivity contribution in [3.05, 3.63) is 72.1 Å². The maximum Gasteiger partial charge on any atom is 0.394 e. The third-order valence-corrected chi connectivity index (χ3v) is 3.23. The van der Waals surface area contributed by atoms with Crippen LogP contribution in [0, 0.1) is 6.07 Å². The first kappa shape index (κ1) is 22.6. The Bertz CT molecular complexity index is 945. The molecule has 3 rings (SSSR count). The minimum absolute atomic E-state index is 0. The van der Waals surface area contributed by atoms with Crippen LogP contribution in [0.2, 0.25) is 0 Å². The summed E-state index contributed by atoms with van der Waals surface area (Å²) in [4.78, 5) is 10.0. The summed E-state index contributed by atoms with van der Waals surface area (Å²) in [5.74, 6) is -0.0625. The molecule has 0 unspecified atom stereocenters. The predicted octanol–water partition coefficient (Wildman–Crippen LogP) is 4.88. The van der Waals surface area contributed by atoms with Crippen molar-refractivity contribution in [2.45, 2.75) is 20.0 Å². The zero-order valence-corrected chi connectivity index (χ0v) is 16.8. The number of nitrogens with zero attached hydrogens (tertiary/aromatic N) is 2. The summed E-state index contributed by atoms with van der Waals surface area (Å²) >= 11 is 0. The van der Waals surface area contributed by atoms with Gasteiger partial charge in [0.25, 0.3) is 0 Å². The minimum Gasteiger partial charge on any atom is -0.512 e. The number of carbonyl (C=O) groups is 1. The monoisotopic (exact) mass is 554 g/mol. The van der Waals surface area contributed by atoms with E-state index in [1.54, 1.807) is 12.3 Å². The first-order valence-corrected chi connectivity index (χ1v) is 7.58. The van der Waals surface area contributed by atoms with Crippen LogP contribution in [0.1, 0.15) is 19.4 Å². The standard InChI is InChI=1S/C14H8F3N2.C5H8O2.Ir/c15-14(16,17)11-5-3-6-12(8-11)19-13-7-2-1-4-10(13)9-18-19;1-4(6)3-5(2)7;/h1-5,7-9H;3,6H,1-2H3;/q-1;;/b;4-3-;. The molecule has 0 atom stereocenters. The van der Waals surface area contributed by atoms with Gasteiger partial charge in [-0.2, -0.15) is 36.5 Å². The molecular weight excluding hydrogens is 537 g/mol. The van der Waals surface area contributed by atoms with Gasteiger partial charge in [-0.15, -0.1) is 6.07 Å². The third kappa shape index (κ3) is 6.34. The SMILES string of the molecule is CC(=O)/C=C(/C)O.FC(F)(F)c1cc[c-]c(-n2ncc3ccccc32)c1.[Ir]. The number of rotatable bonds is 2.